The molecule has 0 saturated carbocycles. The van der Waals surface area contributed by atoms with Gasteiger partial charge >= 0.3 is 5.97 Å². The Morgan fingerprint density at radius 1 is 1.39 bits per heavy atom. The number of nitrogens with one attached hydrogen (secondary N) is 1. The highest BCUT2D eigenvalue weighted by molar-refractivity contribution is 14.1. The lowest BCUT2D eigenvalue weighted by molar-refractivity contribution is -0.105. The van der Waals surface area contributed by atoms with E-state index in [0.717, 1.165) is 14.8 Å². The van der Waals surface area contributed by atoms with Crippen LogP contribution in [0.2, 0.25) is 0 Å². The Morgan fingerprint density at radius 2 is 2.22 bits per heavy atom. The molecule has 1 aromatic carbocycles. The zero-order valence-electron chi connectivity index (χ0n) is 12.0. The Bertz CT molecular complexity index is 907. The maximum absolute atomic E-state index is 11.7. The third-order valence-corrected chi connectivity index (χ3v) is 4.02. The summed E-state index contributed by atoms with van der Waals surface area (Å²) in [5, 5.41) is 6.69. The predicted octanol–water partition coefficient (Wildman–Crippen LogP) is 2.36. The number of nitrogens with zero attached hydrogens (tertiary/aromatic N) is 3. The lowest BCUT2D eigenvalue weighted by atomic mass is 10.1. The second kappa shape index (κ2) is 6.32. The van der Waals surface area contributed by atoms with Crippen LogP contribution in [0.1, 0.15) is 10.4 Å². The molecule has 0 bridgehead atoms. The summed E-state index contributed by atoms with van der Waals surface area (Å²) in [5.74, 6) is -0.519. The number of anilines is 1. The molecule has 3 aromatic rings. The molecule has 2 aromatic heterocycles. The molecule has 0 aliphatic rings. The summed E-state index contributed by atoms with van der Waals surface area (Å²) >= 11 is 2.16. The molecule has 0 spiro atoms. The van der Waals surface area contributed by atoms with Crippen molar-refractivity contribution in [3.63, 3.8) is 0 Å². The van der Waals surface area contributed by atoms with E-state index in [1.165, 1.54) is 7.11 Å². The lowest BCUT2D eigenvalue weighted by Gasteiger charge is -2.09. The van der Waals surface area contributed by atoms with Crippen molar-refractivity contribution in [2.45, 2.75) is 0 Å². The van der Waals surface area contributed by atoms with Gasteiger partial charge in [-0.15, -0.1) is 0 Å². The number of amides is 1. The molecule has 2 heterocycles. The van der Waals surface area contributed by atoms with E-state index in [0.29, 0.717) is 17.8 Å². The fraction of sp³-hybridized carbons (Fsp3) is 0.0667. The van der Waals surface area contributed by atoms with E-state index in [2.05, 4.69) is 38.0 Å². The number of ether oxygens (including phenoxy) is 1. The number of carbonyl (C=O) groups excluding carboxylic acids is 2. The van der Waals surface area contributed by atoms with Crippen LogP contribution >= 0.6 is 22.6 Å². The van der Waals surface area contributed by atoms with Gasteiger partial charge in [0.05, 0.1) is 33.8 Å². The van der Waals surface area contributed by atoms with Crippen LogP contribution in [0, 0.1) is 3.57 Å². The summed E-state index contributed by atoms with van der Waals surface area (Å²) in [5.41, 5.74) is 2.87. The van der Waals surface area contributed by atoms with Gasteiger partial charge < -0.3 is 10.1 Å². The highest BCUT2D eigenvalue weighted by Crippen LogP contribution is 2.26. The van der Waals surface area contributed by atoms with E-state index in [1.54, 1.807) is 35.1 Å². The highest BCUT2D eigenvalue weighted by Gasteiger charge is 2.14. The Morgan fingerprint density at radius 3 is 2.96 bits per heavy atom. The lowest BCUT2D eigenvalue weighted by Crippen LogP contribution is -2.07. The molecule has 0 saturated heterocycles. The molecule has 0 atom stereocenters. The van der Waals surface area contributed by atoms with E-state index in [4.69, 9.17) is 4.74 Å². The molecule has 3 rings (SSSR count). The summed E-state index contributed by atoms with van der Waals surface area (Å²) < 4.78 is 7.32. The maximum atomic E-state index is 11.7. The molecule has 116 valence electrons. The third kappa shape index (κ3) is 2.89. The molecule has 8 heteroatoms. The maximum Gasteiger partial charge on any atom is 0.339 e. The third-order valence-electron chi connectivity index (χ3n) is 3.26. The van der Waals surface area contributed by atoms with Crippen molar-refractivity contribution in [1.82, 2.24) is 14.6 Å². The van der Waals surface area contributed by atoms with E-state index >= 15 is 0 Å². The fourth-order valence-corrected chi connectivity index (χ4v) is 2.67. The van der Waals surface area contributed by atoms with Crippen LogP contribution in [0.15, 0.2) is 36.7 Å². The molecule has 0 aliphatic carbocycles. The minimum Gasteiger partial charge on any atom is -0.465 e. The summed E-state index contributed by atoms with van der Waals surface area (Å²) in [6, 6.07) is 6.85. The Kier molecular flexibility index (Phi) is 4.24. The first-order valence-electron chi connectivity index (χ1n) is 6.57. The van der Waals surface area contributed by atoms with E-state index in [9.17, 15) is 9.59 Å². The average molecular weight is 422 g/mol. The first-order valence-corrected chi connectivity index (χ1v) is 7.64. The van der Waals surface area contributed by atoms with Crippen LogP contribution in [0.3, 0.4) is 0 Å². The number of aromatic nitrogens is 3. The van der Waals surface area contributed by atoms with Gasteiger partial charge in [0.15, 0.2) is 5.65 Å². The Hall–Kier alpha value is -2.49. The van der Waals surface area contributed by atoms with Crippen LogP contribution in [0.4, 0.5) is 5.69 Å². The van der Waals surface area contributed by atoms with E-state index < -0.39 is 5.97 Å². The molecule has 7 nitrogen and oxygen atoms in total. The van der Waals surface area contributed by atoms with Gasteiger partial charge in [-0.05, 0) is 40.8 Å². The second-order valence-corrected chi connectivity index (χ2v) is 5.75. The van der Waals surface area contributed by atoms with Gasteiger partial charge in [0, 0.05) is 11.8 Å². The number of rotatable bonds is 4. The van der Waals surface area contributed by atoms with Crippen molar-refractivity contribution in [2.24, 2.45) is 0 Å². The number of fused-ring (bicyclic) bond motifs is 1. The smallest absolute Gasteiger partial charge is 0.339 e. The number of carbonyl (C=O) groups is 2. The average Bonchev–Trinajstić information content (AvgIpc) is 2.95. The number of methoxy groups -OCH3 is 1. The highest BCUT2D eigenvalue weighted by atomic mass is 127. The summed E-state index contributed by atoms with van der Waals surface area (Å²) in [4.78, 5) is 27.1. The van der Waals surface area contributed by atoms with Gasteiger partial charge in [0.1, 0.15) is 0 Å². The van der Waals surface area contributed by atoms with Gasteiger partial charge in [0.25, 0.3) is 0 Å². The normalized spacial score (nSPS) is 10.5. The monoisotopic (exact) mass is 422 g/mol. The van der Waals surface area contributed by atoms with Gasteiger partial charge in [0.2, 0.25) is 6.41 Å². The molecule has 0 unspecified atom stereocenters. The number of benzene rings is 1. The number of halogens is 1. The van der Waals surface area contributed by atoms with Crippen LogP contribution in [-0.2, 0) is 9.53 Å². The standard InChI is InChI=1S/C15H11IN4O3/c1-23-15(22)10-3-2-9(6-13(10)17-8-21)12-4-5-20-14(19-12)11(16)7-18-20/h2-8H,1H3,(H,17,21). The second-order valence-electron chi connectivity index (χ2n) is 4.59. The SMILES string of the molecule is COC(=O)c1ccc(-c2ccn3ncc(I)c3n2)cc1NC=O. The molecule has 1 N–H and O–H groups in total. The van der Waals surface area contributed by atoms with Gasteiger partial charge in [-0.25, -0.2) is 14.3 Å². The molecule has 0 radical (unpaired) electrons. The van der Waals surface area contributed by atoms with Crippen LogP contribution < -0.4 is 5.32 Å². The molecule has 1 amide bonds. The first kappa shape index (κ1) is 15.4. The summed E-state index contributed by atoms with van der Waals surface area (Å²) in [6.07, 6.45) is 4.05. The van der Waals surface area contributed by atoms with Crippen LogP contribution in [-0.4, -0.2) is 34.1 Å². The van der Waals surface area contributed by atoms with Crippen molar-refractivity contribution in [3.8, 4) is 11.3 Å². The molecule has 0 aliphatic heterocycles. The minimum absolute atomic E-state index is 0.281. The fourth-order valence-electron chi connectivity index (χ4n) is 2.18. The zero-order chi connectivity index (χ0) is 16.4. The molecular weight excluding hydrogens is 411 g/mol. The van der Waals surface area contributed by atoms with Crippen molar-refractivity contribution in [3.05, 3.63) is 45.8 Å². The quantitative estimate of drug-likeness (QED) is 0.397. The molecular formula is C15H11IN4O3. The Balaban J connectivity index is 2.10. The van der Waals surface area contributed by atoms with Crippen LogP contribution in [0.25, 0.3) is 16.9 Å². The first-order chi connectivity index (χ1) is 11.1. The summed E-state index contributed by atoms with van der Waals surface area (Å²) in [7, 11) is 1.29. The number of hydrogen-bond donors (Lipinski definition) is 1. The molecule has 0 fully saturated rings. The van der Waals surface area contributed by atoms with Crippen molar-refractivity contribution in [1.29, 1.82) is 0 Å². The number of esters is 1. The topological polar surface area (TPSA) is 85.6 Å². The number of hydrogen-bond acceptors (Lipinski definition) is 5. The van der Waals surface area contributed by atoms with Gasteiger partial charge in [-0.1, -0.05) is 6.07 Å². The van der Waals surface area contributed by atoms with Crippen LogP contribution in [0.5, 0.6) is 0 Å². The molecule has 23 heavy (non-hydrogen) atoms. The largest absolute Gasteiger partial charge is 0.465 e. The predicted molar refractivity (Wildman–Crippen MR) is 92.2 cm³/mol. The zero-order valence-corrected chi connectivity index (χ0v) is 14.1. The van der Waals surface area contributed by atoms with Crippen molar-refractivity contribution < 1.29 is 14.3 Å². The minimum atomic E-state index is -0.519. The Labute approximate surface area is 144 Å². The van der Waals surface area contributed by atoms with Crippen molar-refractivity contribution >= 4 is 46.3 Å². The van der Waals surface area contributed by atoms with Crippen molar-refractivity contribution in [2.75, 3.05) is 12.4 Å². The van der Waals surface area contributed by atoms with E-state index in [-0.39, 0.29) is 5.56 Å². The van der Waals surface area contributed by atoms with Gasteiger partial charge in [-0.3, -0.25) is 4.79 Å². The van der Waals surface area contributed by atoms with E-state index in [1.807, 2.05) is 6.07 Å². The summed E-state index contributed by atoms with van der Waals surface area (Å²) in [6.45, 7) is 0. The van der Waals surface area contributed by atoms with Gasteiger partial charge in [-0.2, -0.15) is 5.10 Å².